The van der Waals surface area contributed by atoms with E-state index in [9.17, 15) is 0 Å². The molecule has 0 amide bonds. The van der Waals surface area contributed by atoms with Gasteiger partial charge in [0.15, 0.2) is 11.5 Å². The van der Waals surface area contributed by atoms with E-state index in [4.69, 9.17) is 25.8 Å². The van der Waals surface area contributed by atoms with E-state index >= 15 is 0 Å². The highest BCUT2D eigenvalue weighted by Gasteiger charge is 2.12. The van der Waals surface area contributed by atoms with Gasteiger partial charge in [-0.25, -0.2) is 0 Å². The van der Waals surface area contributed by atoms with E-state index in [-0.39, 0.29) is 0 Å². The van der Waals surface area contributed by atoms with Gasteiger partial charge < -0.3 is 19.5 Å². The van der Waals surface area contributed by atoms with Crippen LogP contribution in [0.1, 0.15) is 24.5 Å². The standard InChI is InChI=1S/C23H26ClNO3/c1-4-11-28-21-10-9-16-7-5-6-8-18(16)19(21)15-25-14-17-12-22(26-2)23(27-3)13-20(17)24/h5-10,12-13,25H,4,11,14-15H2,1-3H3. The molecule has 4 nitrogen and oxygen atoms in total. The minimum atomic E-state index is 0.607. The first-order chi connectivity index (χ1) is 13.7. The molecule has 0 aliphatic rings. The first-order valence-electron chi connectivity index (χ1n) is 9.42. The number of rotatable bonds is 9. The van der Waals surface area contributed by atoms with E-state index in [0.717, 1.165) is 23.3 Å². The number of fused-ring (bicyclic) bond motifs is 1. The molecule has 0 saturated heterocycles. The van der Waals surface area contributed by atoms with Gasteiger partial charge in [0.1, 0.15) is 5.75 Å². The van der Waals surface area contributed by atoms with Crippen molar-refractivity contribution in [1.29, 1.82) is 0 Å². The summed E-state index contributed by atoms with van der Waals surface area (Å²) in [5.41, 5.74) is 2.11. The van der Waals surface area contributed by atoms with Gasteiger partial charge >= 0.3 is 0 Å². The molecule has 0 bridgehead atoms. The maximum atomic E-state index is 6.41. The second kappa shape index (κ2) is 9.67. The molecule has 3 aromatic carbocycles. The second-order valence-electron chi connectivity index (χ2n) is 6.51. The maximum Gasteiger partial charge on any atom is 0.162 e. The largest absolute Gasteiger partial charge is 0.493 e. The number of halogens is 1. The number of hydrogen-bond acceptors (Lipinski definition) is 4. The molecule has 0 atom stereocenters. The highest BCUT2D eigenvalue weighted by Crippen LogP contribution is 2.33. The number of benzene rings is 3. The molecule has 148 valence electrons. The number of nitrogens with one attached hydrogen (secondary N) is 1. The van der Waals surface area contributed by atoms with Crippen LogP contribution in [0.4, 0.5) is 0 Å². The molecule has 0 aliphatic heterocycles. The Labute approximate surface area is 171 Å². The van der Waals surface area contributed by atoms with Crippen LogP contribution in [0.2, 0.25) is 5.02 Å². The van der Waals surface area contributed by atoms with Crippen molar-refractivity contribution in [3.8, 4) is 17.2 Å². The predicted molar refractivity (Wildman–Crippen MR) is 115 cm³/mol. The lowest BCUT2D eigenvalue weighted by atomic mass is 10.0. The van der Waals surface area contributed by atoms with Gasteiger partial charge in [-0.1, -0.05) is 48.9 Å². The van der Waals surface area contributed by atoms with Crippen molar-refractivity contribution < 1.29 is 14.2 Å². The van der Waals surface area contributed by atoms with Crippen LogP contribution in [0.5, 0.6) is 17.2 Å². The summed E-state index contributed by atoms with van der Waals surface area (Å²) in [5.74, 6) is 2.22. The fourth-order valence-electron chi connectivity index (χ4n) is 3.20. The van der Waals surface area contributed by atoms with E-state index in [1.807, 2.05) is 6.07 Å². The lowest BCUT2D eigenvalue weighted by Crippen LogP contribution is -2.15. The lowest BCUT2D eigenvalue weighted by Gasteiger charge is -2.16. The SMILES string of the molecule is CCCOc1ccc2ccccc2c1CNCc1cc(OC)c(OC)cc1Cl. The van der Waals surface area contributed by atoms with Crippen LogP contribution < -0.4 is 19.5 Å². The minimum absolute atomic E-state index is 0.607. The third-order valence-electron chi connectivity index (χ3n) is 4.63. The predicted octanol–water partition coefficient (Wildman–Crippen LogP) is 5.59. The summed E-state index contributed by atoms with van der Waals surface area (Å²) in [6, 6.07) is 16.2. The first-order valence-corrected chi connectivity index (χ1v) is 9.80. The average molecular weight is 400 g/mol. The highest BCUT2D eigenvalue weighted by molar-refractivity contribution is 6.31. The van der Waals surface area contributed by atoms with Gasteiger partial charge in [-0.15, -0.1) is 0 Å². The van der Waals surface area contributed by atoms with Gasteiger partial charge in [0.2, 0.25) is 0 Å². The summed E-state index contributed by atoms with van der Waals surface area (Å²) < 4.78 is 16.7. The van der Waals surface area contributed by atoms with Crippen molar-refractivity contribution in [1.82, 2.24) is 5.32 Å². The molecule has 0 spiro atoms. The van der Waals surface area contributed by atoms with Crippen LogP contribution in [0, 0.1) is 0 Å². The van der Waals surface area contributed by atoms with Crippen molar-refractivity contribution in [3.63, 3.8) is 0 Å². The molecule has 3 rings (SSSR count). The summed E-state index contributed by atoms with van der Waals surface area (Å²) in [4.78, 5) is 0. The third-order valence-corrected chi connectivity index (χ3v) is 4.98. The summed E-state index contributed by atoms with van der Waals surface area (Å²) >= 11 is 6.41. The summed E-state index contributed by atoms with van der Waals surface area (Å²) in [5, 5.41) is 6.54. The highest BCUT2D eigenvalue weighted by atomic mass is 35.5. The van der Waals surface area contributed by atoms with E-state index in [1.165, 1.54) is 10.8 Å². The number of ether oxygens (including phenoxy) is 3. The lowest BCUT2D eigenvalue weighted by molar-refractivity contribution is 0.314. The van der Waals surface area contributed by atoms with Gasteiger partial charge in [0, 0.05) is 29.7 Å². The molecule has 1 N–H and O–H groups in total. The fourth-order valence-corrected chi connectivity index (χ4v) is 3.42. The first kappa shape index (κ1) is 20.3. The normalized spacial score (nSPS) is 10.9. The van der Waals surface area contributed by atoms with Crippen LogP contribution in [0.3, 0.4) is 0 Å². The van der Waals surface area contributed by atoms with E-state index in [0.29, 0.717) is 36.2 Å². The monoisotopic (exact) mass is 399 g/mol. The van der Waals surface area contributed by atoms with Gasteiger partial charge in [-0.2, -0.15) is 0 Å². The quantitative estimate of drug-likeness (QED) is 0.509. The Morgan fingerprint density at radius 3 is 2.39 bits per heavy atom. The van der Waals surface area contributed by atoms with Crippen LogP contribution >= 0.6 is 11.6 Å². The van der Waals surface area contributed by atoms with Gasteiger partial charge in [0.05, 0.1) is 20.8 Å². The molecule has 28 heavy (non-hydrogen) atoms. The zero-order chi connectivity index (χ0) is 19.9. The maximum absolute atomic E-state index is 6.41. The summed E-state index contributed by atoms with van der Waals surface area (Å²) in [6.45, 7) is 4.09. The fraction of sp³-hybridized carbons (Fsp3) is 0.304. The third kappa shape index (κ3) is 4.51. The molecule has 3 aromatic rings. The smallest absolute Gasteiger partial charge is 0.162 e. The summed E-state index contributed by atoms with van der Waals surface area (Å²) in [7, 11) is 3.22. The Balaban J connectivity index is 1.82. The molecular weight excluding hydrogens is 374 g/mol. The Hall–Kier alpha value is -2.43. The van der Waals surface area contributed by atoms with Crippen LogP contribution in [0.25, 0.3) is 10.8 Å². The number of hydrogen-bond donors (Lipinski definition) is 1. The second-order valence-corrected chi connectivity index (χ2v) is 6.92. The van der Waals surface area contributed by atoms with E-state index in [2.05, 4.69) is 48.6 Å². The molecular formula is C23H26ClNO3. The van der Waals surface area contributed by atoms with Crippen LogP contribution in [-0.4, -0.2) is 20.8 Å². The molecule has 0 heterocycles. The topological polar surface area (TPSA) is 39.7 Å². The molecule has 0 radical (unpaired) electrons. The van der Waals surface area contributed by atoms with Crippen molar-refractivity contribution in [2.45, 2.75) is 26.4 Å². The Kier molecular flexibility index (Phi) is 7.01. The minimum Gasteiger partial charge on any atom is -0.493 e. The Morgan fingerprint density at radius 2 is 1.64 bits per heavy atom. The van der Waals surface area contributed by atoms with E-state index in [1.54, 1.807) is 20.3 Å². The zero-order valence-corrected chi connectivity index (χ0v) is 17.3. The molecule has 5 heteroatoms. The van der Waals surface area contributed by atoms with Crippen LogP contribution in [-0.2, 0) is 13.1 Å². The van der Waals surface area contributed by atoms with Crippen molar-refractivity contribution >= 4 is 22.4 Å². The molecule has 0 saturated carbocycles. The van der Waals surface area contributed by atoms with Crippen molar-refractivity contribution in [3.05, 3.63) is 64.7 Å². The zero-order valence-electron chi connectivity index (χ0n) is 16.5. The summed E-state index contributed by atoms with van der Waals surface area (Å²) in [6.07, 6.45) is 0.973. The van der Waals surface area contributed by atoms with Crippen LogP contribution in [0.15, 0.2) is 48.5 Å². The van der Waals surface area contributed by atoms with Gasteiger partial charge in [0.25, 0.3) is 0 Å². The van der Waals surface area contributed by atoms with Gasteiger partial charge in [-0.05, 0) is 34.9 Å². The van der Waals surface area contributed by atoms with E-state index < -0.39 is 0 Å². The average Bonchev–Trinajstić information content (AvgIpc) is 2.73. The van der Waals surface area contributed by atoms with Crippen molar-refractivity contribution in [2.24, 2.45) is 0 Å². The van der Waals surface area contributed by atoms with Crippen molar-refractivity contribution in [2.75, 3.05) is 20.8 Å². The molecule has 0 unspecified atom stereocenters. The Morgan fingerprint density at radius 1 is 0.893 bits per heavy atom. The molecule has 0 aromatic heterocycles. The number of methoxy groups -OCH3 is 2. The Bertz CT molecular complexity index is 943. The van der Waals surface area contributed by atoms with Gasteiger partial charge in [-0.3, -0.25) is 0 Å². The molecule has 0 fully saturated rings. The molecule has 0 aliphatic carbocycles.